The van der Waals surface area contributed by atoms with Crippen LogP contribution in [0, 0.1) is 0 Å². The van der Waals surface area contributed by atoms with E-state index in [0.29, 0.717) is 5.25 Å². The zero-order valence-electron chi connectivity index (χ0n) is 13.5. The topological polar surface area (TPSA) is 80.3 Å². The van der Waals surface area contributed by atoms with E-state index in [1.807, 2.05) is 0 Å². The Bertz CT molecular complexity index is 530. The molecule has 0 aliphatic rings. The van der Waals surface area contributed by atoms with Gasteiger partial charge in [-0.1, -0.05) is 43.7 Å². The van der Waals surface area contributed by atoms with Crippen molar-refractivity contribution in [3.8, 4) is 0 Å². The number of thiol groups is 1. The maximum absolute atomic E-state index is 11.5. The van der Waals surface area contributed by atoms with Gasteiger partial charge in [0.2, 0.25) is 0 Å². The first-order valence-corrected chi connectivity index (χ1v) is 10.6. The highest BCUT2D eigenvalue weighted by Crippen LogP contribution is 2.27. The molecular formula is C11H21F6NO4S3. The molecule has 0 aromatic carbocycles. The summed E-state index contributed by atoms with van der Waals surface area (Å²) in [5.74, 6) is 0. The van der Waals surface area contributed by atoms with Gasteiger partial charge >= 0.3 is 31.1 Å². The Morgan fingerprint density at radius 3 is 1.48 bits per heavy atom. The molecule has 0 fully saturated rings. The standard InChI is InChI=1S/C9H20S.C2HF6NO4S2/c1-3-5-6-8-9(10)7-4-2;3-1(4,5)14(10,11)9-15(12,13)2(6,7)8/h9-10H,3-8H2,1-2H3;9H. The maximum atomic E-state index is 11.5. The fourth-order valence-electron chi connectivity index (χ4n) is 1.35. The van der Waals surface area contributed by atoms with Crippen molar-refractivity contribution in [3.05, 3.63) is 0 Å². The van der Waals surface area contributed by atoms with Crippen LogP contribution in [0.1, 0.15) is 52.4 Å². The Labute approximate surface area is 149 Å². The van der Waals surface area contributed by atoms with Gasteiger partial charge in [0.05, 0.1) is 0 Å². The van der Waals surface area contributed by atoms with Gasteiger partial charge in [0.15, 0.2) is 0 Å². The van der Waals surface area contributed by atoms with E-state index in [0.717, 1.165) is 0 Å². The van der Waals surface area contributed by atoms with Crippen molar-refractivity contribution in [2.75, 3.05) is 0 Å². The highest BCUT2D eigenvalue weighted by Gasteiger charge is 2.55. The quantitative estimate of drug-likeness (QED) is 0.340. The lowest BCUT2D eigenvalue weighted by Crippen LogP contribution is -2.45. The normalized spacial score (nSPS) is 14.6. The number of nitrogens with one attached hydrogen (secondary N) is 1. The van der Waals surface area contributed by atoms with Crippen molar-refractivity contribution in [1.82, 2.24) is 4.13 Å². The number of hydrogen-bond acceptors (Lipinski definition) is 5. The molecule has 0 saturated carbocycles. The maximum Gasteiger partial charge on any atom is 0.512 e. The first kappa shape index (κ1) is 27.0. The van der Waals surface area contributed by atoms with Crippen molar-refractivity contribution in [2.45, 2.75) is 68.6 Å². The molecule has 0 radical (unpaired) electrons. The number of unbranched alkanes of at least 4 members (excludes halogenated alkanes) is 2. The summed E-state index contributed by atoms with van der Waals surface area (Å²) in [6.07, 6.45) is 7.94. The number of sulfonamides is 2. The van der Waals surface area contributed by atoms with Crippen molar-refractivity contribution in [2.24, 2.45) is 0 Å². The minimum Gasteiger partial charge on any atom is -0.202 e. The third kappa shape index (κ3) is 11.2. The summed E-state index contributed by atoms with van der Waals surface area (Å²) >= 11 is 4.48. The summed E-state index contributed by atoms with van der Waals surface area (Å²) in [6, 6.07) is 0. The fourth-order valence-corrected chi connectivity index (χ4v) is 3.70. The van der Waals surface area contributed by atoms with Crippen molar-refractivity contribution >= 4 is 32.7 Å². The molecule has 0 heterocycles. The molecule has 0 saturated heterocycles. The van der Waals surface area contributed by atoms with E-state index < -0.39 is 35.2 Å². The van der Waals surface area contributed by atoms with Gasteiger partial charge in [-0.25, -0.2) is 16.8 Å². The molecule has 14 heteroatoms. The van der Waals surface area contributed by atoms with Crippen LogP contribution in [0.25, 0.3) is 0 Å². The average molecular weight is 441 g/mol. The summed E-state index contributed by atoms with van der Waals surface area (Å²) in [6.45, 7) is 4.47. The van der Waals surface area contributed by atoms with Gasteiger partial charge in [0, 0.05) is 5.25 Å². The Hall–Kier alpha value is -0.210. The van der Waals surface area contributed by atoms with E-state index in [-0.39, 0.29) is 0 Å². The minimum absolute atomic E-state index is 0.493. The molecule has 1 unspecified atom stereocenters. The second-order valence-corrected chi connectivity index (χ2v) is 9.26. The molecular weight excluding hydrogens is 420 g/mol. The summed E-state index contributed by atoms with van der Waals surface area (Å²) < 4.78 is 108. The number of alkyl halides is 6. The molecule has 1 N–H and O–H groups in total. The van der Waals surface area contributed by atoms with Gasteiger partial charge < -0.3 is 0 Å². The number of hydrogen-bond donors (Lipinski definition) is 2. The third-order valence-electron chi connectivity index (χ3n) is 2.59. The van der Waals surface area contributed by atoms with Crippen LogP contribution in [-0.4, -0.2) is 33.1 Å². The zero-order chi connectivity index (χ0) is 20.5. The Balaban J connectivity index is 0. The van der Waals surface area contributed by atoms with Crippen LogP contribution in [0.15, 0.2) is 0 Å². The Morgan fingerprint density at radius 2 is 1.20 bits per heavy atom. The molecule has 25 heavy (non-hydrogen) atoms. The molecule has 5 nitrogen and oxygen atoms in total. The Morgan fingerprint density at radius 1 is 0.800 bits per heavy atom. The van der Waals surface area contributed by atoms with E-state index in [1.54, 1.807) is 0 Å². The largest absolute Gasteiger partial charge is 0.512 e. The van der Waals surface area contributed by atoms with Crippen LogP contribution in [0.4, 0.5) is 26.3 Å². The molecule has 0 amide bonds. The average Bonchev–Trinajstić information content (AvgIpc) is 2.36. The lowest BCUT2D eigenvalue weighted by Gasteiger charge is -2.11. The van der Waals surface area contributed by atoms with Crippen molar-refractivity contribution in [1.29, 1.82) is 0 Å². The van der Waals surface area contributed by atoms with Gasteiger partial charge in [-0.2, -0.15) is 39.0 Å². The van der Waals surface area contributed by atoms with E-state index in [4.69, 9.17) is 0 Å². The van der Waals surface area contributed by atoms with Crippen LogP contribution in [0.3, 0.4) is 0 Å². The van der Waals surface area contributed by atoms with Crippen LogP contribution >= 0.6 is 12.6 Å². The monoisotopic (exact) mass is 441 g/mol. The molecule has 0 spiro atoms. The van der Waals surface area contributed by atoms with Crippen LogP contribution in [-0.2, 0) is 20.0 Å². The first-order valence-electron chi connectivity index (χ1n) is 7.11. The predicted octanol–water partition coefficient (Wildman–Crippen LogP) is 3.94. The lowest BCUT2D eigenvalue weighted by atomic mass is 10.1. The summed E-state index contributed by atoms with van der Waals surface area (Å²) in [4.78, 5) is 0. The van der Waals surface area contributed by atoms with Crippen molar-refractivity contribution < 1.29 is 43.2 Å². The first-order chi connectivity index (χ1) is 11.0. The molecule has 0 rings (SSSR count). The van der Waals surface area contributed by atoms with E-state index >= 15 is 0 Å². The van der Waals surface area contributed by atoms with Gasteiger partial charge in [-0.3, -0.25) is 0 Å². The number of halogens is 6. The SMILES string of the molecule is CCCCCC(S)CCC.O=S(=O)(NS(=O)(=O)C(F)(F)F)C(F)(F)F. The van der Waals surface area contributed by atoms with Gasteiger partial charge in [-0.05, 0) is 12.8 Å². The Kier molecular flexibility index (Phi) is 11.7. The van der Waals surface area contributed by atoms with Gasteiger partial charge in [0.1, 0.15) is 0 Å². The molecule has 0 aromatic rings. The molecule has 0 aromatic heterocycles. The highest BCUT2D eigenvalue weighted by atomic mass is 32.3. The van der Waals surface area contributed by atoms with Gasteiger partial charge in [-0.15, -0.1) is 0 Å². The smallest absolute Gasteiger partial charge is 0.202 e. The molecule has 154 valence electrons. The summed E-state index contributed by atoms with van der Waals surface area (Å²) in [5.41, 5.74) is -12.3. The summed E-state index contributed by atoms with van der Waals surface area (Å²) in [5, 5.41) is 0.663. The van der Waals surface area contributed by atoms with Gasteiger partial charge in [0.25, 0.3) is 0 Å². The third-order valence-corrected chi connectivity index (χ3v) is 6.08. The molecule has 1 atom stereocenters. The highest BCUT2D eigenvalue weighted by molar-refractivity contribution is 8.05. The minimum atomic E-state index is -6.60. The number of rotatable bonds is 8. The zero-order valence-corrected chi connectivity index (χ0v) is 16.0. The van der Waals surface area contributed by atoms with Crippen LogP contribution in [0.2, 0.25) is 0 Å². The molecule has 0 aliphatic heterocycles. The summed E-state index contributed by atoms with van der Waals surface area (Å²) in [7, 11) is -13.2. The van der Waals surface area contributed by atoms with Crippen LogP contribution < -0.4 is 4.13 Å². The van der Waals surface area contributed by atoms with E-state index in [9.17, 15) is 43.2 Å². The van der Waals surface area contributed by atoms with Crippen LogP contribution in [0.5, 0.6) is 0 Å². The molecule has 0 aliphatic carbocycles. The van der Waals surface area contributed by atoms with E-state index in [1.165, 1.54) is 38.5 Å². The predicted molar refractivity (Wildman–Crippen MR) is 84.9 cm³/mol. The second kappa shape index (κ2) is 10.8. The second-order valence-electron chi connectivity index (χ2n) is 4.92. The van der Waals surface area contributed by atoms with E-state index in [2.05, 4.69) is 26.5 Å². The molecule has 0 bridgehead atoms. The lowest BCUT2D eigenvalue weighted by molar-refractivity contribution is -0.0476. The fraction of sp³-hybridized carbons (Fsp3) is 1.00. The van der Waals surface area contributed by atoms with Crippen molar-refractivity contribution in [3.63, 3.8) is 0 Å².